The lowest BCUT2D eigenvalue weighted by molar-refractivity contribution is -0.137. The number of halogens is 4. The van der Waals surface area contributed by atoms with E-state index >= 15 is 0 Å². The van der Waals surface area contributed by atoms with Crippen LogP contribution in [0.25, 0.3) is 0 Å². The number of aryl methyl sites for hydroxylation is 1. The number of nitrogens with zero attached hydrogens (tertiary/aromatic N) is 1. The van der Waals surface area contributed by atoms with Gasteiger partial charge in [0.05, 0.1) is 23.8 Å². The summed E-state index contributed by atoms with van der Waals surface area (Å²) in [4.78, 5) is 0. The maximum atomic E-state index is 13.5. The van der Waals surface area contributed by atoms with Gasteiger partial charge in [-0.05, 0) is 74.7 Å². The second-order valence-corrected chi connectivity index (χ2v) is 7.13. The van der Waals surface area contributed by atoms with Crippen molar-refractivity contribution in [1.29, 1.82) is 5.26 Å². The molecule has 7 heteroatoms. The van der Waals surface area contributed by atoms with E-state index in [9.17, 15) is 27.9 Å². The van der Waals surface area contributed by atoms with Gasteiger partial charge in [0.25, 0.3) is 0 Å². The fraction of sp³-hybridized carbons (Fsp3) is 0.222. The normalized spacial score (nSPS) is 12.3. The number of hydrogen-bond donors (Lipinski definition) is 1. The van der Waals surface area contributed by atoms with E-state index in [1.54, 1.807) is 38.1 Å². The Hall–Kier alpha value is -3.97. The molecule has 1 N–H and O–H groups in total. The number of hydrogen-bond acceptors (Lipinski definition) is 3. The first-order valence-corrected chi connectivity index (χ1v) is 10.4. The Morgan fingerprint density at radius 1 is 1.09 bits per heavy atom. The van der Waals surface area contributed by atoms with Crippen LogP contribution in [0.3, 0.4) is 0 Å². The van der Waals surface area contributed by atoms with E-state index in [2.05, 4.69) is 11.8 Å². The minimum atomic E-state index is -4.67. The molecule has 0 bridgehead atoms. The lowest BCUT2D eigenvalue weighted by atomic mass is 9.99. The van der Waals surface area contributed by atoms with Gasteiger partial charge in [-0.3, -0.25) is 0 Å². The predicted octanol–water partition coefficient (Wildman–Crippen LogP) is 6.96. The van der Waals surface area contributed by atoms with Crippen molar-refractivity contribution in [1.82, 2.24) is 0 Å². The summed E-state index contributed by atoms with van der Waals surface area (Å²) in [6.45, 7) is 3.61. The molecular formula is C27H23F4NO2. The number of phenolic OH excluding ortho intramolecular Hbond substituents is 1. The van der Waals surface area contributed by atoms with Crippen LogP contribution in [0.15, 0.2) is 72.3 Å². The van der Waals surface area contributed by atoms with E-state index in [1.807, 2.05) is 6.07 Å². The molecule has 34 heavy (non-hydrogen) atoms. The van der Waals surface area contributed by atoms with E-state index in [0.29, 0.717) is 41.4 Å². The first-order valence-electron chi connectivity index (χ1n) is 10.4. The van der Waals surface area contributed by atoms with Gasteiger partial charge in [0.2, 0.25) is 0 Å². The van der Waals surface area contributed by atoms with E-state index in [1.165, 1.54) is 18.2 Å². The molecule has 2 aromatic carbocycles. The van der Waals surface area contributed by atoms with Crippen molar-refractivity contribution in [2.45, 2.75) is 32.9 Å². The van der Waals surface area contributed by atoms with Crippen molar-refractivity contribution in [2.75, 3.05) is 6.61 Å². The summed E-state index contributed by atoms with van der Waals surface area (Å²) >= 11 is 0. The molecule has 0 heterocycles. The quantitative estimate of drug-likeness (QED) is 0.157. The lowest BCUT2D eigenvalue weighted by Gasteiger charge is -2.10. The molecule has 3 nitrogen and oxygen atoms in total. The van der Waals surface area contributed by atoms with Gasteiger partial charge in [-0.15, -0.1) is 0 Å². The van der Waals surface area contributed by atoms with E-state index in [-0.39, 0.29) is 12.2 Å². The molecule has 0 atom stereocenters. The largest absolute Gasteiger partial charge is 0.508 e. The third kappa shape index (κ3) is 7.86. The molecule has 0 saturated heterocycles. The van der Waals surface area contributed by atoms with E-state index < -0.39 is 23.3 Å². The minimum absolute atomic E-state index is 0.257. The second-order valence-electron chi connectivity index (χ2n) is 7.13. The Kier molecular flexibility index (Phi) is 9.52. The van der Waals surface area contributed by atoms with Crippen LogP contribution in [0.2, 0.25) is 0 Å². The zero-order chi connectivity index (χ0) is 25.1. The summed E-state index contributed by atoms with van der Waals surface area (Å²) in [6.07, 6.45) is 2.20. The van der Waals surface area contributed by atoms with E-state index in [4.69, 9.17) is 4.74 Å². The molecule has 0 amide bonds. The highest BCUT2D eigenvalue weighted by molar-refractivity contribution is 5.53. The number of nitriles is 1. The average Bonchev–Trinajstić information content (AvgIpc) is 2.80. The summed E-state index contributed by atoms with van der Waals surface area (Å²) in [5.74, 6) is 4.71. The summed E-state index contributed by atoms with van der Waals surface area (Å²) in [6, 6.07) is 9.68. The van der Waals surface area contributed by atoms with Crippen LogP contribution in [0.5, 0.6) is 5.75 Å². The van der Waals surface area contributed by atoms with Gasteiger partial charge in [0.1, 0.15) is 17.3 Å². The Morgan fingerprint density at radius 2 is 1.79 bits per heavy atom. The van der Waals surface area contributed by atoms with Crippen LogP contribution in [-0.2, 0) is 17.3 Å². The molecular weight excluding hydrogens is 446 g/mol. The lowest BCUT2D eigenvalue weighted by Crippen LogP contribution is -2.07. The van der Waals surface area contributed by atoms with Crippen LogP contribution in [-0.4, -0.2) is 11.7 Å². The number of benzene rings is 2. The van der Waals surface area contributed by atoms with Gasteiger partial charge in [-0.25, -0.2) is 4.39 Å². The molecule has 0 unspecified atom stereocenters. The predicted molar refractivity (Wildman–Crippen MR) is 122 cm³/mol. The minimum Gasteiger partial charge on any atom is -0.508 e. The molecule has 0 aliphatic rings. The average molecular weight is 469 g/mol. The molecule has 0 aromatic heterocycles. The molecule has 2 aromatic rings. The Balaban J connectivity index is 2.25. The molecule has 2 rings (SSSR count). The van der Waals surface area contributed by atoms with Crippen LogP contribution in [0.4, 0.5) is 17.6 Å². The van der Waals surface area contributed by atoms with Gasteiger partial charge >= 0.3 is 6.18 Å². The van der Waals surface area contributed by atoms with Crippen LogP contribution < -0.4 is 0 Å². The fourth-order valence-corrected chi connectivity index (χ4v) is 2.98. The van der Waals surface area contributed by atoms with Crippen molar-refractivity contribution in [3.8, 4) is 23.7 Å². The van der Waals surface area contributed by atoms with Crippen molar-refractivity contribution < 1.29 is 27.4 Å². The number of ether oxygens (including phenoxy) is 1. The topological polar surface area (TPSA) is 53.2 Å². The number of allylic oxidation sites excluding steroid dienone is 5. The van der Waals surface area contributed by atoms with Crippen LogP contribution in [0.1, 0.15) is 48.1 Å². The van der Waals surface area contributed by atoms with Gasteiger partial charge in [-0.1, -0.05) is 24.0 Å². The standard InChI is InChI=1S/C27H23F4NO2/c1-3-6-25(16-23(28)4-2)34-14-5-7-22-15-19(18-32)8-9-20(22)10-11-21-12-13-24(33)17-26(21)27(29,30)31/h3-4,6,8-9,12-13,15-17,33H,5,7,14H2,1-2H3/b6-3-,23-4+,25-16+. The van der Waals surface area contributed by atoms with Gasteiger partial charge < -0.3 is 9.84 Å². The number of aromatic hydroxyl groups is 1. The highest BCUT2D eigenvalue weighted by Gasteiger charge is 2.33. The zero-order valence-corrected chi connectivity index (χ0v) is 18.7. The SMILES string of the molecule is C\C=C/C(=C\C(F)=C/C)OCCCc1cc(C#N)ccc1C#Cc1ccc(O)cc1C(F)(F)F. The van der Waals surface area contributed by atoms with Crippen molar-refractivity contribution in [3.05, 3.63) is 100 Å². The number of phenols is 1. The highest BCUT2D eigenvalue weighted by atomic mass is 19.4. The molecule has 0 aliphatic heterocycles. The summed E-state index contributed by atoms with van der Waals surface area (Å²) in [5, 5.41) is 18.6. The van der Waals surface area contributed by atoms with E-state index in [0.717, 1.165) is 12.1 Å². The van der Waals surface area contributed by atoms with Crippen molar-refractivity contribution in [2.24, 2.45) is 0 Å². The summed E-state index contributed by atoms with van der Waals surface area (Å²) < 4.78 is 59.0. The molecule has 0 aliphatic carbocycles. The maximum Gasteiger partial charge on any atom is 0.417 e. The summed E-state index contributed by atoms with van der Waals surface area (Å²) in [5.41, 5.74) is 0.256. The smallest absolute Gasteiger partial charge is 0.417 e. The van der Waals surface area contributed by atoms with Gasteiger partial charge in [0.15, 0.2) is 0 Å². The maximum absolute atomic E-state index is 13.5. The highest BCUT2D eigenvalue weighted by Crippen LogP contribution is 2.33. The van der Waals surface area contributed by atoms with Gasteiger partial charge in [0, 0.05) is 17.2 Å². The molecule has 0 saturated carbocycles. The van der Waals surface area contributed by atoms with Crippen molar-refractivity contribution in [3.63, 3.8) is 0 Å². The van der Waals surface area contributed by atoms with Crippen LogP contribution in [0, 0.1) is 23.2 Å². The first kappa shape index (κ1) is 26.3. The monoisotopic (exact) mass is 469 g/mol. The summed E-state index contributed by atoms with van der Waals surface area (Å²) in [7, 11) is 0. The molecule has 176 valence electrons. The first-order chi connectivity index (χ1) is 16.2. The third-order valence-electron chi connectivity index (χ3n) is 4.62. The second kappa shape index (κ2) is 12.3. The Morgan fingerprint density at radius 3 is 2.44 bits per heavy atom. The Labute approximate surface area is 196 Å². The molecule has 0 radical (unpaired) electrons. The van der Waals surface area contributed by atoms with Crippen molar-refractivity contribution >= 4 is 0 Å². The van der Waals surface area contributed by atoms with Crippen LogP contribution >= 0.6 is 0 Å². The van der Waals surface area contributed by atoms with Gasteiger partial charge in [-0.2, -0.15) is 18.4 Å². The zero-order valence-electron chi connectivity index (χ0n) is 18.7. The third-order valence-corrected chi connectivity index (χ3v) is 4.62. The Bertz CT molecular complexity index is 1210. The number of alkyl halides is 3. The molecule has 0 spiro atoms. The fourth-order valence-electron chi connectivity index (χ4n) is 2.98. The molecule has 0 fully saturated rings. The number of rotatable bonds is 7.